The van der Waals surface area contributed by atoms with E-state index < -0.39 is 22.1 Å². The summed E-state index contributed by atoms with van der Waals surface area (Å²) >= 11 is 4.57. The second-order valence-electron chi connectivity index (χ2n) is 2.13. The molecule has 1 aromatic heterocycles. The van der Waals surface area contributed by atoms with Crippen LogP contribution in [0.4, 0.5) is 5.69 Å². The Bertz CT molecular complexity index is 425. The maximum absolute atomic E-state index is 10.5. The molecule has 6 nitrogen and oxygen atoms in total. The van der Waals surface area contributed by atoms with Crippen LogP contribution in [0.1, 0.15) is 10.4 Å². The Balaban J connectivity index is 3.52. The first-order valence-electron chi connectivity index (χ1n) is 3.13. The number of aromatic amines is 1. The topological polar surface area (TPSA) is 96.2 Å². The highest BCUT2D eigenvalue weighted by Crippen LogP contribution is 2.17. The molecule has 0 aliphatic rings. The zero-order valence-corrected chi connectivity index (χ0v) is 7.00. The molecule has 13 heavy (non-hydrogen) atoms. The number of nitrogens with one attached hydrogen (secondary N) is 1. The van der Waals surface area contributed by atoms with E-state index in [-0.39, 0.29) is 4.64 Å². The second kappa shape index (κ2) is 3.31. The highest BCUT2D eigenvalue weighted by Gasteiger charge is 2.20. The van der Waals surface area contributed by atoms with E-state index >= 15 is 0 Å². The van der Waals surface area contributed by atoms with Crippen LogP contribution in [0.2, 0.25) is 0 Å². The van der Waals surface area contributed by atoms with Crippen molar-refractivity contribution in [2.75, 3.05) is 0 Å². The Morgan fingerprint density at radius 1 is 1.69 bits per heavy atom. The molecular weight excluding hydrogens is 196 g/mol. The first-order chi connectivity index (χ1) is 6.04. The zero-order chi connectivity index (χ0) is 10.0. The molecule has 1 heterocycles. The fourth-order valence-corrected chi connectivity index (χ4v) is 1.08. The Labute approximate surface area is 77.0 Å². The fraction of sp³-hybridized carbons (Fsp3) is 0. The zero-order valence-electron chi connectivity index (χ0n) is 6.18. The predicted octanol–water partition coefficient (Wildman–Crippen LogP) is 1.35. The lowest BCUT2D eigenvalue weighted by atomic mass is 10.2. The van der Waals surface area contributed by atoms with Crippen molar-refractivity contribution in [3.8, 4) is 0 Å². The fourth-order valence-electron chi connectivity index (χ4n) is 0.824. The average molecular weight is 200 g/mol. The summed E-state index contributed by atoms with van der Waals surface area (Å²) < 4.78 is -0.190. The van der Waals surface area contributed by atoms with Crippen LogP contribution in [0.3, 0.4) is 0 Å². The van der Waals surface area contributed by atoms with Crippen LogP contribution < -0.4 is 0 Å². The van der Waals surface area contributed by atoms with Crippen LogP contribution in [0, 0.1) is 14.8 Å². The first-order valence-corrected chi connectivity index (χ1v) is 3.54. The standard InChI is InChI=1S/C6H4N2O4S/c9-6(10)3-1-2-7-5(13)4(3)8(11)12/h1-2H,(H,7,13)(H,9,10). The van der Waals surface area contributed by atoms with Crippen LogP contribution in [-0.4, -0.2) is 21.0 Å². The number of pyridine rings is 1. The van der Waals surface area contributed by atoms with Gasteiger partial charge >= 0.3 is 11.7 Å². The summed E-state index contributed by atoms with van der Waals surface area (Å²) in [6.45, 7) is 0. The Morgan fingerprint density at radius 2 is 2.31 bits per heavy atom. The lowest BCUT2D eigenvalue weighted by molar-refractivity contribution is -0.386. The third-order valence-corrected chi connectivity index (χ3v) is 1.66. The van der Waals surface area contributed by atoms with E-state index in [2.05, 4.69) is 17.2 Å². The number of hydrogen-bond donors (Lipinski definition) is 2. The van der Waals surface area contributed by atoms with Gasteiger partial charge in [-0.2, -0.15) is 0 Å². The van der Waals surface area contributed by atoms with Crippen LogP contribution in [0.5, 0.6) is 0 Å². The van der Waals surface area contributed by atoms with Crippen molar-refractivity contribution in [2.45, 2.75) is 0 Å². The van der Waals surface area contributed by atoms with E-state index in [0.29, 0.717) is 0 Å². The van der Waals surface area contributed by atoms with Gasteiger partial charge in [-0.05, 0) is 6.07 Å². The van der Waals surface area contributed by atoms with Gasteiger partial charge in [-0.25, -0.2) is 4.79 Å². The van der Waals surface area contributed by atoms with Crippen molar-refractivity contribution in [1.29, 1.82) is 0 Å². The van der Waals surface area contributed by atoms with Crippen molar-refractivity contribution in [3.63, 3.8) is 0 Å². The molecule has 0 aromatic carbocycles. The minimum atomic E-state index is -1.37. The number of hydrogen-bond acceptors (Lipinski definition) is 4. The lowest BCUT2D eigenvalue weighted by Crippen LogP contribution is -2.03. The number of aromatic carboxylic acids is 1. The van der Waals surface area contributed by atoms with Crippen molar-refractivity contribution in [2.24, 2.45) is 0 Å². The van der Waals surface area contributed by atoms with Crippen molar-refractivity contribution < 1.29 is 14.8 Å². The van der Waals surface area contributed by atoms with E-state index in [1.54, 1.807) is 0 Å². The quantitative estimate of drug-likeness (QED) is 0.426. The van der Waals surface area contributed by atoms with Crippen molar-refractivity contribution >= 4 is 23.9 Å². The molecule has 0 spiro atoms. The van der Waals surface area contributed by atoms with E-state index in [0.717, 1.165) is 6.07 Å². The molecular formula is C6H4N2O4S. The molecule has 0 bridgehead atoms. The monoisotopic (exact) mass is 200 g/mol. The van der Waals surface area contributed by atoms with Gasteiger partial charge < -0.3 is 10.1 Å². The number of carboxylic acid groups (broad SMARTS) is 1. The smallest absolute Gasteiger partial charge is 0.342 e. The molecule has 1 rings (SSSR count). The molecule has 2 N–H and O–H groups in total. The van der Waals surface area contributed by atoms with Gasteiger partial charge in [0.05, 0.1) is 4.92 Å². The number of nitro groups is 1. The van der Waals surface area contributed by atoms with Gasteiger partial charge in [0.15, 0.2) is 4.64 Å². The largest absolute Gasteiger partial charge is 0.477 e. The van der Waals surface area contributed by atoms with Crippen LogP contribution in [-0.2, 0) is 0 Å². The van der Waals surface area contributed by atoms with Crippen LogP contribution in [0.25, 0.3) is 0 Å². The summed E-state index contributed by atoms with van der Waals surface area (Å²) in [4.78, 5) is 22.5. The van der Waals surface area contributed by atoms with Gasteiger partial charge in [0.2, 0.25) is 0 Å². The number of H-pyrrole nitrogens is 1. The van der Waals surface area contributed by atoms with Gasteiger partial charge in [0, 0.05) is 6.20 Å². The number of carboxylic acids is 1. The molecule has 0 saturated heterocycles. The number of carbonyl (C=O) groups is 1. The molecule has 7 heteroatoms. The summed E-state index contributed by atoms with van der Waals surface area (Å²) in [5.74, 6) is -1.37. The Hall–Kier alpha value is -1.76. The molecule has 0 fully saturated rings. The Kier molecular flexibility index (Phi) is 2.38. The van der Waals surface area contributed by atoms with Gasteiger partial charge in [0.25, 0.3) is 0 Å². The SMILES string of the molecule is O=C(O)c1cc[nH]c(=S)c1[N+](=O)[O-]. The third-order valence-electron chi connectivity index (χ3n) is 1.35. The summed E-state index contributed by atoms with van der Waals surface area (Å²) in [7, 11) is 0. The van der Waals surface area contributed by atoms with E-state index in [9.17, 15) is 14.9 Å². The van der Waals surface area contributed by atoms with Crippen LogP contribution >= 0.6 is 12.2 Å². The minimum absolute atomic E-state index is 0.190. The summed E-state index contributed by atoms with van der Waals surface area (Å²) in [6.07, 6.45) is 1.25. The first kappa shape index (κ1) is 9.33. The molecule has 0 radical (unpaired) electrons. The molecule has 0 amide bonds. The van der Waals surface area contributed by atoms with E-state index in [1.807, 2.05) is 0 Å². The molecule has 0 aliphatic heterocycles. The molecule has 0 aliphatic carbocycles. The van der Waals surface area contributed by atoms with Crippen LogP contribution in [0.15, 0.2) is 12.3 Å². The predicted molar refractivity (Wildman–Crippen MR) is 45.2 cm³/mol. The number of aromatic nitrogens is 1. The molecule has 68 valence electrons. The summed E-state index contributed by atoms with van der Waals surface area (Å²) in [5.41, 5.74) is -0.987. The highest BCUT2D eigenvalue weighted by atomic mass is 32.1. The van der Waals surface area contributed by atoms with E-state index in [1.165, 1.54) is 6.20 Å². The molecule has 0 unspecified atom stereocenters. The average Bonchev–Trinajstić information content (AvgIpc) is 2.02. The number of nitrogens with zero attached hydrogens (tertiary/aromatic N) is 1. The van der Waals surface area contributed by atoms with E-state index in [4.69, 9.17) is 5.11 Å². The maximum atomic E-state index is 10.5. The lowest BCUT2D eigenvalue weighted by Gasteiger charge is -1.95. The van der Waals surface area contributed by atoms with Gasteiger partial charge in [-0.1, -0.05) is 12.2 Å². The van der Waals surface area contributed by atoms with Gasteiger partial charge in [-0.15, -0.1) is 0 Å². The highest BCUT2D eigenvalue weighted by molar-refractivity contribution is 7.71. The number of rotatable bonds is 2. The molecule has 1 aromatic rings. The van der Waals surface area contributed by atoms with Crippen molar-refractivity contribution in [3.05, 3.63) is 32.6 Å². The third kappa shape index (κ3) is 1.70. The Morgan fingerprint density at radius 3 is 2.69 bits per heavy atom. The second-order valence-corrected chi connectivity index (χ2v) is 2.54. The summed E-state index contributed by atoms with van der Waals surface area (Å²) in [5, 5.41) is 19.0. The molecule has 0 atom stereocenters. The van der Waals surface area contributed by atoms with Crippen molar-refractivity contribution in [1.82, 2.24) is 4.98 Å². The minimum Gasteiger partial charge on any atom is -0.477 e. The summed E-state index contributed by atoms with van der Waals surface area (Å²) in [6, 6.07) is 1.09. The normalized spacial score (nSPS) is 9.54. The maximum Gasteiger partial charge on any atom is 0.342 e. The molecule has 0 saturated carbocycles. The van der Waals surface area contributed by atoms with Gasteiger partial charge in [0.1, 0.15) is 5.56 Å². The van der Waals surface area contributed by atoms with Gasteiger partial charge in [-0.3, -0.25) is 10.1 Å².